The van der Waals surface area contributed by atoms with Gasteiger partial charge in [-0.15, -0.1) is 0 Å². The van der Waals surface area contributed by atoms with Crippen LogP contribution in [0.3, 0.4) is 0 Å². The van der Waals surface area contributed by atoms with Crippen molar-refractivity contribution in [1.29, 1.82) is 10.8 Å². The molecule has 3 atom stereocenters. The first kappa shape index (κ1) is 45.9. The van der Waals surface area contributed by atoms with Crippen LogP contribution in [-0.4, -0.2) is 157 Å². The van der Waals surface area contributed by atoms with Crippen LogP contribution in [-0.2, 0) is 42.8 Å². The number of esters is 1. The van der Waals surface area contributed by atoms with Gasteiger partial charge in [0.25, 0.3) is 10.1 Å². The summed E-state index contributed by atoms with van der Waals surface area (Å²) < 4.78 is 51.4. The molecule has 4 N–H and O–H groups in total. The summed E-state index contributed by atoms with van der Waals surface area (Å²) in [5.41, 5.74) is 2.06. The Balaban J connectivity index is 0.000000273. The fourth-order valence-corrected chi connectivity index (χ4v) is 6.41. The van der Waals surface area contributed by atoms with Gasteiger partial charge in [-0.3, -0.25) is 50.0 Å². The molecule has 0 bridgehead atoms. The van der Waals surface area contributed by atoms with E-state index >= 15 is 0 Å². The summed E-state index contributed by atoms with van der Waals surface area (Å²) in [7, 11) is -1.20. The van der Waals surface area contributed by atoms with Gasteiger partial charge < -0.3 is 23.7 Å². The van der Waals surface area contributed by atoms with Crippen molar-refractivity contribution in [2.75, 3.05) is 82.7 Å². The minimum atomic E-state index is -3.62. The molecule has 3 unspecified atom stereocenters. The van der Waals surface area contributed by atoms with Crippen molar-refractivity contribution in [2.24, 2.45) is 0 Å². The largest absolute Gasteiger partial charge is 0.462 e. The molecule has 2 aromatic rings. The van der Waals surface area contributed by atoms with E-state index < -0.39 is 40.6 Å². The number of piperazine rings is 1. The monoisotopic (exact) mass is 846 g/mol. The molecule has 0 spiro atoms. The second kappa shape index (κ2) is 20.7. The number of nitrogens with one attached hydrogen (secondary N) is 4. The van der Waals surface area contributed by atoms with Gasteiger partial charge in [-0.1, -0.05) is 0 Å². The molecule has 3 heterocycles. The van der Waals surface area contributed by atoms with Crippen molar-refractivity contribution in [3.05, 3.63) is 59.7 Å². The first-order valence-electron chi connectivity index (χ1n) is 18.4. The molecule has 2 aromatic carbocycles. The number of methoxy groups -OCH3 is 2. The number of alkyl carbamates (subject to hydrolysis) is 2. The summed E-state index contributed by atoms with van der Waals surface area (Å²) in [6, 6.07) is 12.7. The van der Waals surface area contributed by atoms with Crippen LogP contribution >= 0.6 is 0 Å². The van der Waals surface area contributed by atoms with E-state index in [0.717, 1.165) is 32.4 Å². The summed E-state index contributed by atoms with van der Waals surface area (Å²) in [6.45, 7) is 9.51. The Labute approximate surface area is 341 Å². The SMILES string of the molecule is COC(=O)NC(=N)c1ccc(N2CC(CN3CCN(C(C)C(=O)OC(C)C)CC3)OC2=O)cc1.COC(=O)NC(=N)c1ccc(N2CC(COS(C)(=O)=O)OC2=O)cc1. The summed E-state index contributed by atoms with van der Waals surface area (Å²) in [5.74, 6) is -0.445. The molecule has 0 saturated carbocycles. The number of amides is 4. The molecule has 0 radical (unpaired) electrons. The van der Waals surface area contributed by atoms with E-state index in [1.54, 1.807) is 53.4 Å². The van der Waals surface area contributed by atoms with Crippen LogP contribution in [0.2, 0.25) is 0 Å². The maximum absolute atomic E-state index is 12.4. The lowest BCUT2D eigenvalue weighted by atomic mass is 10.1. The predicted molar refractivity (Wildman–Crippen MR) is 212 cm³/mol. The Morgan fingerprint density at radius 2 is 1.20 bits per heavy atom. The number of carbonyl (C=O) groups is 5. The molecule has 3 aliphatic rings. The lowest BCUT2D eigenvalue weighted by Crippen LogP contribution is -2.53. The molecule has 0 aromatic heterocycles. The number of hydrogen-bond donors (Lipinski definition) is 4. The van der Waals surface area contributed by atoms with E-state index in [2.05, 4.69) is 34.1 Å². The molecule has 4 amide bonds. The van der Waals surface area contributed by atoms with Crippen LogP contribution in [0.4, 0.5) is 30.6 Å². The molecular formula is C37H50N8O13S. The normalized spacial score (nSPS) is 18.8. The van der Waals surface area contributed by atoms with E-state index in [1.165, 1.54) is 19.1 Å². The van der Waals surface area contributed by atoms with E-state index in [0.29, 0.717) is 35.6 Å². The van der Waals surface area contributed by atoms with Gasteiger partial charge >= 0.3 is 30.3 Å². The average Bonchev–Trinajstić information content (AvgIpc) is 3.77. The number of carbonyl (C=O) groups excluding carboxylic acids is 5. The van der Waals surface area contributed by atoms with Gasteiger partial charge in [0.15, 0.2) is 0 Å². The van der Waals surface area contributed by atoms with Crippen LogP contribution in [0.15, 0.2) is 48.5 Å². The highest BCUT2D eigenvalue weighted by Crippen LogP contribution is 2.24. The smallest absolute Gasteiger partial charge is 0.414 e. The minimum absolute atomic E-state index is 0.0915. The molecular weight excluding hydrogens is 797 g/mol. The minimum Gasteiger partial charge on any atom is -0.462 e. The molecule has 21 nitrogen and oxygen atoms in total. The molecule has 3 fully saturated rings. The summed E-state index contributed by atoms with van der Waals surface area (Å²) in [5, 5.41) is 20.2. The number of amidine groups is 2. The Kier molecular flexibility index (Phi) is 16.1. The lowest BCUT2D eigenvalue weighted by molar-refractivity contribution is -0.154. The lowest BCUT2D eigenvalue weighted by Gasteiger charge is -2.37. The van der Waals surface area contributed by atoms with Crippen molar-refractivity contribution in [2.45, 2.75) is 45.1 Å². The highest BCUT2D eigenvalue weighted by molar-refractivity contribution is 7.85. The van der Waals surface area contributed by atoms with Gasteiger partial charge in [-0.25, -0.2) is 19.2 Å². The topological polar surface area (TPSA) is 260 Å². The molecule has 3 aliphatic heterocycles. The molecule has 0 aliphatic carbocycles. The number of hydrogen-bond acceptors (Lipinski definition) is 17. The van der Waals surface area contributed by atoms with Gasteiger partial charge in [0.2, 0.25) is 0 Å². The van der Waals surface area contributed by atoms with E-state index in [9.17, 15) is 32.4 Å². The fraction of sp³-hybridized carbons (Fsp3) is 0.486. The maximum Gasteiger partial charge on any atom is 0.414 e. The van der Waals surface area contributed by atoms with Gasteiger partial charge in [-0.2, -0.15) is 8.42 Å². The number of rotatable bonds is 12. The van der Waals surface area contributed by atoms with E-state index in [4.69, 9.17) is 25.0 Å². The zero-order valence-electron chi connectivity index (χ0n) is 33.6. The summed E-state index contributed by atoms with van der Waals surface area (Å²) in [6.07, 6.45) is -2.70. The van der Waals surface area contributed by atoms with Gasteiger partial charge in [0, 0.05) is 55.2 Å². The number of anilines is 2. The maximum atomic E-state index is 12.4. The van der Waals surface area contributed by atoms with Crippen molar-refractivity contribution in [3.8, 4) is 0 Å². The van der Waals surface area contributed by atoms with Gasteiger partial charge in [-0.05, 0) is 69.3 Å². The first-order chi connectivity index (χ1) is 27.9. The Hall–Kier alpha value is -5.84. The Morgan fingerprint density at radius 1 is 0.763 bits per heavy atom. The molecule has 59 heavy (non-hydrogen) atoms. The van der Waals surface area contributed by atoms with Crippen molar-refractivity contribution < 1.29 is 60.3 Å². The fourth-order valence-electron chi connectivity index (χ4n) is 6.01. The number of ether oxygens (including phenoxy) is 5. The van der Waals surface area contributed by atoms with Crippen LogP contribution in [0.5, 0.6) is 0 Å². The van der Waals surface area contributed by atoms with Crippen LogP contribution in [0.25, 0.3) is 0 Å². The predicted octanol–water partition coefficient (Wildman–Crippen LogP) is 2.32. The van der Waals surface area contributed by atoms with Crippen molar-refractivity contribution in [3.63, 3.8) is 0 Å². The highest BCUT2D eigenvalue weighted by Gasteiger charge is 2.36. The molecule has 5 rings (SSSR count). The van der Waals surface area contributed by atoms with E-state index in [-0.39, 0.29) is 49.0 Å². The molecule has 3 saturated heterocycles. The molecule has 22 heteroatoms. The quantitative estimate of drug-likeness (QED) is 0.0786. The van der Waals surface area contributed by atoms with Gasteiger partial charge in [0.05, 0.1) is 39.7 Å². The first-order valence-corrected chi connectivity index (χ1v) is 20.2. The Bertz CT molecular complexity index is 1960. The third-order valence-corrected chi connectivity index (χ3v) is 9.65. The second-order valence-corrected chi connectivity index (χ2v) is 15.4. The molecule has 322 valence electrons. The van der Waals surface area contributed by atoms with Crippen molar-refractivity contribution in [1.82, 2.24) is 20.4 Å². The van der Waals surface area contributed by atoms with Crippen molar-refractivity contribution >= 4 is 63.5 Å². The van der Waals surface area contributed by atoms with Crippen LogP contribution in [0, 0.1) is 10.8 Å². The number of cyclic esters (lactones) is 2. The summed E-state index contributed by atoms with van der Waals surface area (Å²) >= 11 is 0. The third-order valence-electron chi connectivity index (χ3n) is 9.09. The van der Waals surface area contributed by atoms with Gasteiger partial charge in [0.1, 0.15) is 36.5 Å². The Morgan fingerprint density at radius 3 is 1.63 bits per heavy atom. The second-order valence-electron chi connectivity index (χ2n) is 13.8. The summed E-state index contributed by atoms with van der Waals surface area (Å²) in [4.78, 5) is 66.1. The highest BCUT2D eigenvalue weighted by atomic mass is 32.2. The third kappa shape index (κ3) is 13.6. The zero-order chi connectivity index (χ0) is 43.4. The standard InChI is InChI=1S/C23H33N5O6.C14H17N3O7S/c1-15(2)33-21(29)16(3)27-11-9-26(10-12-27)13-19-14-28(23(31)34-19)18-7-5-17(6-8-18)20(24)25-22(30)32-4;1-22-13(18)16-12(15)9-3-5-10(6-4-9)17-7-11(24-14(17)19)8-23-25(2,20)21/h5-8,15-16,19H,9-14H2,1-4H3,(H2,24,25,30);3-6,11H,7-8H2,1-2H3,(H2,15,16,18). The number of benzene rings is 2. The number of nitrogens with zero attached hydrogens (tertiary/aromatic N) is 4. The van der Waals surface area contributed by atoms with Crippen LogP contribution < -0.4 is 20.4 Å². The van der Waals surface area contributed by atoms with E-state index in [1.807, 2.05) is 20.8 Å². The zero-order valence-corrected chi connectivity index (χ0v) is 34.4. The van der Waals surface area contributed by atoms with Crippen LogP contribution in [0.1, 0.15) is 31.9 Å². The average molecular weight is 847 g/mol.